The number of hydrogen-bond donors (Lipinski definition) is 0. The average Bonchev–Trinajstić information content (AvgIpc) is 2.84. The predicted molar refractivity (Wildman–Crippen MR) is 123 cm³/mol. The molecule has 1 atom stereocenters. The third kappa shape index (κ3) is 4.84. The van der Waals surface area contributed by atoms with Crippen molar-refractivity contribution < 1.29 is 17.9 Å². The fraction of sp³-hybridized carbons (Fsp3) is 0.455. The summed E-state index contributed by atoms with van der Waals surface area (Å²) in [5.41, 5.74) is 0. The molecule has 2 aliphatic rings. The number of piperazine rings is 1. The molecule has 0 spiro atoms. The topological polar surface area (TPSA) is 83.0 Å². The van der Waals surface area contributed by atoms with E-state index in [1.54, 1.807) is 36.5 Å². The number of piperidine rings is 1. The van der Waals surface area contributed by atoms with E-state index in [2.05, 4.69) is 9.88 Å². The number of methoxy groups -OCH3 is 1. The smallest absolute Gasteiger partial charge is 0.243 e. The lowest BCUT2D eigenvalue weighted by Crippen LogP contribution is -2.53. The van der Waals surface area contributed by atoms with Crippen LogP contribution in [0.3, 0.4) is 0 Å². The minimum Gasteiger partial charge on any atom is -0.497 e. The number of hydrogen-bond acceptors (Lipinski definition) is 6. The summed E-state index contributed by atoms with van der Waals surface area (Å²) in [6.07, 6.45) is 2.99. The van der Waals surface area contributed by atoms with Gasteiger partial charge in [-0.15, -0.1) is 0 Å². The average molecular weight is 479 g/mol. The summed E-state index contributed by atoms with van der Waals surface area (Å²) >= 11 is 5.91. The maximum Gasteiger partial charge on any atom is 0.243 e. The summed E-state index contributed by atoms with van der Waals surface area (Å²) in [7, 11) is -2.11. The lowest BCUT2D eigenvalue weighted by molar-refractivity contribution is -0.137. The predicted octanol–water partition coefficient (Wildman–Crippen LogP) is 2.49. The normalized spacial score (nSPS) is 20.2. The van der Waals surface area contributed by atoms with Crippen molar-refractivity contribution in [3.05, 3.63) is 47.6 Å². The Balaban J connectivity index is 1.37. The monoisotopic (exact) mass is 478 g/mol. The number of halogens is 1. The Bertz CT molecular complexity index is 1040. The molecule has 10 heteroatoms. The zero-order chi connectivity index (χ0) is 22.7. The van der Waals surface area contributed by atoms with Crippen LogP contribution in [0.15, 0.2) is 47.5 Å². The molecular weight excluding hydrogens is 452 g/mol. The number of ether oxygens (including phenoxy) is 1. The highest BCUT2D eigenvalue weighted by molar-refractivity contribution is 7.89. The number of carbonyl (C=O) groups is 1. The summed E-state index contributed by atoms with van der Waals surface area (Å²) in [6.45, 7) is 3.18. The van der Waals surface area contributed by atoms with Crippen molar-refractivity contribution in [1.82, 2.24) is 14.2 Å². The van der Waals surface area contributed by atoms with E-state index >= 15 is 0 Å². The van der Waals surface area contributed by atoms with Crippen molar-refractivity contribution in [2.75, 3.05) is 51.3 Å². The number of pyridine rings is 1. The Morgan fingerprint density at radius 2 is 1.78 bits per heavy atom. The van der Waals surface area contributed by atoms with Gasteiger partial charge in [-0.1, -0.05) is 11.6 Å². The number of aromatic nitrogens is 1. The molecule has 8 nitrogen and oxygen atoms in total. The second kappa shape index (κ2) is 9.64. The molecular formula is C22H27ClN4O4S. The van der Waals surface area contributed by atoms with Gasteiger partial charge in [0.05, 0.1) is 22.9 Å². The molecule has 1 aromatic carbocycles. The summed E-state index contributed by atoms with van der Waals surface area (Å²) in [5, 5.41) is 0.592. The number of benzene rings is 1. The Hall–Kier alpha value is -2.36. The van der Waals surface area contributed by atoms with E-state index in [-0.39, 0.29) is 23.3 Å². The first-order chi connectivity index (χ1) is 15.4. The standard InChI is InChI=1S/C22H27ClN4O4S/c1-31-19-5-7-20(8-6-19)32(29,30)27-10-2-3-17(16-27)22(28)26-13-11-25(12-14-26)21-9-4-18(23)15-24-21/h4-9,15,17H,2-3,10-14,16H2,1H3. The van der Waals surface area contributed by atoms with Crippen molar-refractivity contribution in [3.8, 4) is 5.75 Å². The zero-order valence-electron chi connectivity index (χ0n) is 18.0. The van der Waals surface area contributed by atoms with Gasteiger partial charge in [-0.2, -0.15) is 4.31 Å². The van der Waals surface area contributed by atoms with E-state index in [9.17, 15) is 13.2 Å². The fourth-order valence-electron chi connectivity index (χ4n) is 4.23. The second-order valence-corrected chi connectivity index (χ2v) is 10.4. The van der Waals surface area contributed by atoms with Crippen LogP contribution in [-0.4, -0.2) is 74.9 Å². The molecule has 0 aliphatic carbocycles. The maximum absolute atomic E-state index is 13.2. The van der Waals surface area contributed by atoms with Gasteiger partial charge < -0.3 is 14.5 Å². The SMILES string of the molecule is COc1ccc(S(=O)(=O)N2CCCC(C(=O)N3CCN(c4ccc(Cl)cn4)CC3)C2)cc1. The van der Waals surface area contributed by atoms with Crippen LogP contribution in [0.2, 0.25) is 5.02 Å². The van der Waals surface area contributed by atoms with Gasteiger partial charge >= 0.3 is 0 Å². The Kier molecular flexibility index (Phi) is 6.88. The van der Waals surface area contributed by atoms with Gasteiger partial charge in [-0.05, 0) is 49.2 Å². The second-order valence-electron chi connectivity index (χ2n) is 8.02. The van der Waals surface area contributed by atoms with Crippen LogP contribution in [0.4, 0.5) is 5.82 Å². The molecule has 1 aromatic heterocycles. The molecule has 1 amide bonds. The van der Waals surface area contributed by atoms with E-state index < -0.39 is 10.0 Å². The Labute approximate surface area is 193 Å². The van der Waals surface area contributed by atoms with E-state index in [1.165, 1.54) is 11.4 Å². The summed E-state index contributed by atoms with van der Waals surface area (Å²) in [6, 6.07) is 10.0. The molecule has 2 fully saturated rings. The summed E-state index contributed by atoms with van der Waals surface area (Å²) in [5.74, 6) is 1.15. The van der Waals surface area contributed by atoms with E-state index in [4.69, 9.17) is 16.3 Å². The van der Waals surface area contributed by atoms with Crippen LogP contribution in [0.5, 0.6) is 5.75 Å². The molecule has 172 valence electrons. The lowest BCUT2D eigenvalue weighted by atomic mass is 9.98. The minimum absolute atomic E-state index is 0.0309. The molecule has 0 bridgehead atoms. The van der Waals surface area contributed by atoms with Crippen molar-refractivity contribution in [3.63, 3.8) is 0 Å². The molecule has 0 radical (unpaired) electrons. The molecule has 0 saturated carbocycles. The van der Waals surface area contributed by atoms with Crippen LogP contribution in [0.1, 0.15) is 12.8 Å². The number of sulfonamides is 1. The number of amides is 1. The molecule has 3 heterocycles. The van der Waals surface area contributed by atoms with Crippen molar-refractivity contribution >= 4 is 33.3 Å². The van der Waals surface area contributed by atoms with Crippen LogP contribution >= 0.6 is 11.6 Å². The molecule has 1 unspecified atom stereocenters. The van der Waals surface area contributed by atoms with Gasteiger partial charge in [-0.3, -0.25) is 4.79 Å². The third-order valence-electron chi connectivity index (χ3n) is 6.06. The van der Waals surface area contributed by atoms with E-state index in [1.807, 2.05) is 11.0 Å². The molecule has 4 rings (SSSR count). The number of anilines is 1. The van der Waals surface area contributed by atoms with Crippen LogP contribution in [0, 0.1) is 5.92 Å². The molecule has 32 heavy (non-hydrogen) atoms. The number of carbonyl (C=O) groups excluding carboxylic acids is 1. The van der Waals surface area contributed by atoms with Gasteiger partial charge in [0.15, 0.2) is 0 Å². The van der Waals surface area contributed by atoms with Gasteiger partial charge in [-0.25, -0.2) is 13.4 Å². The van der Waals surface area contributed by atoms with Gasteiger partial charge in [0.25, 0.3) is 0 Å². The first kappa shape index (κ1) is 22.8. The van der Waals surface area contributed by atoms with Crippen molar-refractivity contribution in [2.24, 2.45) is 5.92 Å². The molecule has 2 saturated heterocycles. The molecule has 0 N–H and O–H groups in total. The van der Waals surface area contributed by atoms with Crippen LogP contribution in [0.25, 0.3) is 0 Å². The number of nitrogens with zero attached hydrogens (tertiary/aromatic N) is 4. The third-order valence-corrected chi connectivity index (χ3v) is 8.16. The van der Waals surface area contributed by atoms with Crippen molar-refractivity contribution in [2.45, 2.75) is 17.7 Å². The largest absolute Gasteiger partial charge is 0.497 e. The molecule has 2 aromatic rings. The van der Waals surface area contributed by atoms with Gasteiger partial charge in [0.1, 0.15) is 11.6 Å². The highest BCUT2D eigenvalue weighted by Crippen LogP contribution is 2.27. The highest BCUT2D eigenvalue weighted by Gasteiger charge is 2.36. The first-order valence-corrected chi connectivity index (χ1v) is 12.5. The first-order valence-electron chi connectivity index (χ1n) is 10.7. The van der Waals surface area contributed by atoms with E-state index in [0.29, 0.717) is 56.3 Å². The Morgan fingerprint density at radius 3 is 2.41 bits per heavy atom. The number of rotatable bonds is 5. The van der Waals surface area contributed by atoms with Gasteiger partial charge in [0, 0.05) is 45.5 Å². The molecule has 2 aliphatic heterocycles. The fourth-order valence-corrected chi connectivity index (χ4v) is 5.86. The highest BCUT2D eigenvalue weighted by atomic mass is 35.5. The van der Waals surface area contributed by atoms with Crippen molar-refractivity contribution in [1.29, 1.82) is 0 Å². The summed E-state index contributed by atoms with van der Waals surface area (Å²) < 4.78 is 32.7. The Morgan fingerprint density at radius 1 is 1.06 bits per heavy atom. The van der Waals surface area contributed by atoms with E-state index in [0.717, 1.165) is 5.82 Å². The zero-order valence-corrected chi connectivity index (χ0v) is 19.6. The quantitative estimate of drug-likeness (QED) is 0.656. The lowest BCUT2D eigenvalue weighted by Gasteiger charge is -2.39. The maximum atomic E-state index is 13.2. The summed E-state index contributed by atoms with van der Waals surface area (Å²) in [4.78, 5) is 21.7. The van der Waals surface area contributed by atoms with Crippen LogP contribution < -0.4 is 9.64 Å². The van der Waals surface area contributed by atoms with Gasteiger partial charge in [0.2, 0.25) is 15.9 Å². The minimum atomic E-state index is -3.65. The van der Waals surface area contributed by atoms with Crippen LogP contribution in [-0.2, 0) is 14.8 Å².